The van der Waals surface area contributed by atoms with Gasteiger partial charge < -0.3 is 10.5 Å². The minimum atomic E-state index is 0.328. The van der Waals surface area contributed by atoms with Crippen molar-refractivity contribution in [1.29, 1.82) is 0 Å². The molecule has 1 aliphatic rings. The van der Waals surface area contributed by atoms with Crippen molar-refractivity contribution in [2.45, 2.75) is 19.4 Å². The van der Waals surface area contributed by atoms with E-state index >= 15 is 0 Å². The Labute approximate surface area is 85.1 Å². The van der Waals surface area contributed by atoms with E-state index in [0.29, 0.717) is 12.0 Å². The average molecular weight is 191 g/mol. The first-order chi connectivity index (χ1) is 6.85. The number of ether oxygens (including phenoxy) is 1. The van der Waals surface area contributed by atoms with Gasteiger partial charge in [-0.1, -0.05) is 30.3 Å². The van der Waals surface area contributed by atoms with E-state index in [-0.39, 0.29) is 0 Å². The van der Waals surface area contributed by atoms with Gasteiger partial charge >= 0.3 is 0 Å². The standard InChI is InChI=1S/C12H17NO/c13-9-12(6-7-12)10-14-8-11-4-2-1-3-5-11/h1-5H,6-10,13H2. The number of benzene rings is 1. The second-order valence-electron chi connectivity index (χ2n) is 4.18. The Morgan fingerprint density at radius 1 is 1.21 bits per heavy atom. The van der Waals surface area contributed by atoms with E-state index in [1.54, 1.807) is 0 Å². The molecule has 2 heteroatoms. The van der Waals surface area contributed by atoms with Crippen LogP contribution in [0.25, 0.3) is 0 Å². The summed E-state index contributed by atoms with van der Waals surface area (Å²) in [5, 5.41) is 0. The number of rotatable bonds is 5. The maximum atomic E-state index is 5.67. The largest absolute Gasteiger partial charge is 0.376 e. The predicted octanol–water partition coefficient (Wildman–Crippen LogP) is 1.94. The molecule has 14 heavy (non-hydrogen) atoms. The zero-order valence-corrected chi connectivity index (χ0v) is 8.41. The zero-order chi connectivity index (χ0) is 9.86. The van der Waals surface area contributed by atoms with Gasteiger partial charge in [0.2, 0.25) is 0 Å². The van der Waals surface area contributed by atoms with Crippen LogP contribution >= 0.6 is 0 Å². The molecule has 2 N–H and O–H groups in total. The lowest BCUT2D eigenvalue weighted by Gasteiger charge is -2.12. The molecule has 0 bridgehead atoms. The van der Waals surface area contributed by atoms with Crippen molar-refractivity contribution in [3.05, 3.63) is 35.9 Å². The molecule has 0 unspecified atom stereocenters. The van der Waals surface area contributed by atoms with Crippen LogP contribution in [0.1, 0.15) is 18.4 Å². The van der Waals surface area contributed by atoms with Gasteiger partial charge in [-0.15, -0.1) is 0 Å². The maximum Gasteiger partial charge on any atom is 0.0717 e. The number of hydrogen-bond acceptors (Lipinski definition) is 2. The third kappa shape index (κ3) is 2.34. The van der Waals surface area contributed by atoms with Crippen molar-refractivity contribution < 1.29 is 4.74 Å². The summed E-state index contributed by atoms with van der Waals surface area (Å²) in [7, 11) is 0. The summed E-state index contributed by atoms with van der Waals surface area (Å²) < 4.78 is 5.66. The quantitative estimate of drug-likeness (QED) is 0.772. The van der Waals surface area contributed by atoms with Gasteiger partial charge in [-0.25, -0.2) is 0 Å². The van der Waals surface area contributed by atoms with Crippen molar-refractivity contribution in [1.82, 2.24) is 0 Å². The minimum absolute atomic E-state index is 0.328. The van der Waals surface area contributed by atoms with E-state index in [9.17, 15) is 0 Å². The van der Waals surface area contributed by atoms with Crippen LogP contribution < -0.4 is 5.73 Å². The number of hydrogen-bond donors (Lipinski definition) is 1. The first-order valence-electron chi connectivity index (χ1n) is 5.16. The molecule has 1 aliphatic carbocycles. The number of nitrogens with two attached hydrogens (primary N) is 1. The highest BCUT2D eigenvalue weighted by molar-refractivity contribution is 5.13. The molecule has 0 aromatic heterocycles. The van der Waals surface area contributed by atoms with Crippen LogP contribution in [0.15, 0.2) is 30.3 Å². The molecule has 1 fully saturated rings. The van der Waals surface area contributed by atoms with Crippen LogP contribution in [0.4, 0.5) is 0 Å². The lowest BCUT2D eigenvalue weighted by Crippen LogP contribution is -2.21. The van der Waals surface area contributed by atoms with Crippen LogP contribution in [0, 0.1) is 5.41 Å². The molecule has 0 amide bonds. The first-order valence-corrected chi connectivity index (χ1v) is 5.16. The Bertz CT molecular complexity index is 280. The minimum Gasteiger partial charge on any atom is -0.376 e. The summed E-state index contributed by atoms with van der Waals surface area (Å²) >= 11 is 0. The van der Waals surface area contributed by atoms with Gasteiger partial charge in [-0.05, 0) is 18.4 Å². The van der Waals surface area contributed by atoms with Gasteiger partial charge in [-0.2, -0.15) is 0 Å². The molecule has 0 saturated heterocycles. The lowest BCUT2D eigenvalue weighted by molar-refractivity contribution is 0.0808. The monoisotopic (exact) mass is 191 g/mol. The van der Waals surface area contributed by atoms with Crippen LogP contribution in [0.2, 0.25) is 0 Å². The van der Waals surface area contributed by atoms with E-state index in [1.165, 1.54) is 18.4 Å². The predicted molar refractivity (Wildman–Crippen MR) is 56.8 cm³/mol. The van der Waals surface area contributed by atoms with Crippen LogP contribution in [0.3, 0.4) is 0 Å². The molecule has 76 valence electrons. The van der Waals surface area contributed by atoms with Gasteiger partial charge in [0.05, 0.1) is 13.2 Å². The highest BCUT2D eigenvalue weighted by Gasteiger charge is 2.41. The molecule has 0 atom stereocenters. The Morgan fingerprint density at radius 3 is 2.50 bits per heavy atom. The molecule has 1 aromatic carbocycles. The average Bonchev–Trinajstić information content (AvgIpc) is 3.00. The van der Waals surface area contributed by atoms with Gasteiger partial charge in [0.1, 0.15) is 0 Å². The molecule has 0 aliphatic heterocycles. The smallest absolute Gasteiger partial charge is 0.0717 e. The Kier molecular flexibility index (Phi) is 2.85. The van der Waals surface area contributed by atoms with E-state index in [4.69, 9.17) is 10.5 Å². The summed E-state index contributed by atoms with van der Waals surface area (Å²) in [5.74, 6) is 0. The third-order valence-corrected chi connectivity index (χ3v) is 2.91. The van der Waals surface area contributed by atoms with Crippen LogP contribution in [-0.2, 0) is 11.3 Å². The molecule has 2 nitrogen and oxygen atoms in total. The van der Waals surface area contributed by atoms with Gasteiger partial charge in [0.25, 0.3) is 0 Å². The fourth-order valence-corrected chi connectivity index (χ4v) is 1.54. The van der Waals surface area contributed by atoms with E-state index in [1.807, 2.05) is 18.2 Å². The Morgan fingerprint density at radius 2 is 1.93 bits per heavy atom. The molecule has 0 radical (unpaired) electrons. The molecular weight excluding hydrogens is 174 g/mol. The molecule has 2 rings (SSSR count). The molecular formula is C12H17NO. The van der Waals surface area contributed by atoms with Crippen molar-refractivity contribution >= 4 is 0 Å². The van der Waals surface area contributed by atoms with E-state index in [2.05, 4.69) is 12.1 Å². The van der Waals surface area contributed by atoms with Gasteiger partial charge in [0, 0.05) is 12.0 Å². The summed E-state index contributed by atoms with van der Waals surface area (Å²) in [6.07, 6.45) is 2.47. The second kappa shape index (κ2) is 4.11. The molecule has 0 spiro atoms. The van der Waals surface area contributed by atoms with Crippen LogP contribution in [-0.4, -0.2) is 13.2 Å². The molecule has 1 aromatic rings. The fourth-order valence-electron chi connectivity index (χ4n) is 1.54. The zero-order valence-electron chi connectivity index (χ0n) is 8.41. The van der Waals surface area contributed by atoms with Crippen molar-refractivity contribution in [3.63, 3.8) is 0 Å². The topological polar surface area (TPSA) is 35.2 Å². The van der Waals surface area contributed by atoms with E-state index < -0.39 is 0 Å². The molecule has 1 saturated carbocycles. The van der Waals surface area contributed by atoms with Crippen LogP contribution in [0.5, 0.6) is 0 Å². The van der Waals surface area contributed by atoms with Crippen molar-refractivity contribution in [2.75, 3.05) is 13.2 Å². The normalized spacial score (nSPS) is 18.1. The SMILES string of the molecule is NCC1(COCc2ccccc2)CC1. The fraction of sp³-hybridized carbons (Fsp3) is 0.500. The summed E-state index contributed by atoms with van der Waals surface area (Å²) in [5.41, 5.74) is 7.23. The van der Waals surface area contributed by atoms with Gasteiger partial charge in [-0.3, -0.25) is 0 Å². The maximum absolute atomic E-state index is 5.67. The van der Waals surface area contributed by atoms with Gasteiger partial charge in [0.15, 0.2) is 0 Å². The Hall–Kier alpha value is -0.860. The van der Waals surface area contributed by atoms with E-state index in [0.717, 1.165) is 13.2 Å². The summed E-state index contributed by atoms with van der Waals surface area (Å²) in [6, 6.07) is 10.3. The Balaban J connectivity index is 1.73. The second-order valence-corrected chi connectivity index (χ2v) is 4.18. The third-order valence-electron chi connectivity index (χ3n) is 2.91. The molecule has 0 heterocycles. The highest BCUT2D eigenvalue weighted by atomic mass is 16.5. The first kappa shape index (κ1) is 9.69. The van der Waals surface area contributed by atoms with Crippen molar-refractivity contribution in [2.24, 2.45) is 11.1 Å². The summed E-state index contributed by atoms with van der Waals surface area (Å²) in [4.78, 5) is 0. The summed E-state index contributed by atoms with van der Waals surface area (Å²) in [6.45, 7) is 2.29. The van der Waals surface area contributed by atoms with Crippen molar-refractivity contribution in [3.8, 4) is 0 Å². The highest BCUT2D eigenvalue weighted by Crippen LogP contribution is 2.44. The lowest BCUT2D eigenvalue weighted by atomic mass is 10.1.